The number of anilines is 1. The Kier molecular flexibility index (Phi) is 5.83. The third kappa shape index (κ3) is 4.10. The molecule has 166 valence electrons. The number of halogens is 3. The molecule has 4 nitrogen and oxygen atoms in total. The molecular formula is C25H18Cl2FN3OS. The van der Waals surface area contributed by atoms with Crippen molar-refractivity contribution in [3.8, 4) is 11.3 Å². The van der Waals surface area contributed by atoms with Crippen molar-refractivity contribution in [3.63, 3.8) is 0 Å². The van der Waals surface area contributed by atoms with Gasteiger partial charge in [-0.25, -0.2) is 4.39 Å². The van der Waals surface area contributed by atoms with Crippen molar-refractivity contribution < 1.29 is 8.81 Å². The van der Waals surface area contributed by atoms with Gasteiger partial charge in [-0.15, -0.1) is 0 Å². The number of benzene rings is 2. The van der Waals surface area contributed by atoms with Crippen molar-refractivity contribution in [2.75, 3.05) is 4.90 Å². The molecule has 1 N–H and O–H groups in total. The first-order chi connectivity index (χ1) is 15.9. The highest BCUT2D eigenvalue weighted by Gasteiger charge is 2.42. The molecule has 3 heterocycles. The largest absolute Gasteiger partial charge is 0.459 e. The van der Waals surface area contributed by atoms with Gasteiger partial charge in [0.15, 0.2) is 5.11 Å². The van der Waals surface area contributed by atoms with E-state index in [1.807, 2.05) is 41.3 Å². The quantitative estimate of drug-likeness (QED) is 0.300. The maximum Gasteiger partial charge on any atom is 0.174 e. The van der Waals surface area contributed by atoms with Crippen molar-refractivity contribution >= 4 is 46.2 Å². The summed E-state index contributed by atoms with van der Waals surface area (Å²) in [5.74, 6) is 1.06. The minimum atomic E-state index is -0.339. The van der Waals surface area contributed by atoms with Gasteiger partial charge >= 0.3 is 0 Å². The molecule has 8 heteroatoms. The van der Waals surface area contributed by atoms with E-state index in [1.54, 1.807) is 37.4 Å². The van der Waals surface area contributed by atoms with Crippen LogP contribution in [0.2, 0.25) is 10.0 Å². The topological polar surface area (TPSA) is 41.3 Å². The molecule has 2 aromatic carbocycles. The lowest BCUT2D eigenvalue weighted by atomic mass is 10.0. The number of pyridine rings is 1. The monoisotopic (exact) mass is 497 g/mol. The van der Waals surface area contributed by atoms with Crippen LogP contribution >= 0.6 is 35.4 Å². The second-order valence-electron chi connectivity index (χ2n) is 7.76. The summed E-state index contributed by atoms with van der Waals surface area (Å²) in [6, 6.07) is 19.2. The summed E-state index contributed by atoms with van der Waals surface area (Å²) >= 11 is 18.0. The summed E-state index contributed by atoms with van der Waals surface area (Å²) in [6.07, 6.45) is 1.74. The molecule has 33 heavy (non-hydrogen) atoms. The molecule has 1 saturated heterocycles. The minimum absolute atomic E-state index is 0.267. The van der Waals surface area contributed by atoms with E-state index in [9.17, 15) is 4.39 Å². The average Bonchev–Trinajstić information content (AvgIpc) is 3.43. The van der Waals surface area contributed by atoms with Gasteiger partial charge in [-0.1, -0.05) is 29.3 Å². The molecule has 0 bridgehead atoms. The van der Waals surface area contributed by atoms with E-state index < -0.39 is 0 Å². The Bertz CT molecular complexity index is 1340. The lowest BCUT2D eigenvalue weighted by Gasteiger charge is -2.26. The van der Waals surface area contributed by atoms with Gasteiger partial charge in [-0.05, 0) is 85.4 Å². The molecule has 0 aliphatic carbocycles. The van der Waals surface area contributed by atoms with Crippen LogP contribution in [-0.2, 0) is 0 Å². The average molecular weight is 498 g/mol. The number of aryl methyl sites for hydroxylation is 1. The number of rotatable bonds is 4. The van der Waals surface area contributed by atoms with Crippen molar-refractivity contribution in [1.29, 1.82) is 0 Å². The second-order valence-corrected chi connectivity index (χ2v) is 8.96. The molecule has 1 aliphatic rings. The van der Waals surface area contributed by atoms with Gasteiger partial charge in [0.1, 0.15) is 23.4 Å². The van der Waals surface area contributed by atoms with Crippen LogP contribution in [0, 0.1) is 12.7 Å². The Morgan fingerprint density at radius 3 is 2.61 bits per heavy atom. The number of thiocarbonyl (C=S) groups is 1. The molecule has 5 rings (SSSR count). The highest BCUT2D eigenvalue weighted by molar-refractivity contribution is 7.80. The van der Waals surface area contributed by atoms with Gasteiger partial charge in [0.25, 0.3) is 0 Å². The van der Waals surface area contributed by atoms with Crippen LogP contribution in [0.15, 0.2) is 77.3 Å². The first kappa shape index (κ1) is 21.9. The SMILES string of the molecule is Cc1cc(N2C(=S)NC(c3ccccn3)C2c2ccc(-c3ccc(Cl)c(Cl)c3)o2)ccc1F. The van der Waals surface area contributed by atoms with Gasteiger partial charge in [0.05, 0.1) is 21.8 Å². The predicted molar refractivity (Wildman–Crippen MR) is 133 cm³/mol. The van der Waals surface area contributed by atoms with Gasteiger partial charge < -0.3 is 14.6 Å². The molecule has 1 fully saturated rings. The summed E-state index contributed by atoms with van der Waals surface area (Å²) in [7, 11) is 0. The zero-order valence-electron chi connectivity index (χ0n) is 17.4. The first-order valence-corrected chi connectivity index (χ1v) is 11.4. The van der Waals surface area contributed by atoms with Crippen molar-refractivity contribution in [3.05, 3.63) is 106 Å². The van der Waals surface area contributed by atoms with Gasteiger partial charge in [-0.2, -0.15) is 0 Å². The second kappa shape index (κ2) is 8.78. The molecule has 0 spiro atoms. The third-order valence-corrected chi connectivity index (χ3v) is 6.69. The Morgan fingerprint density at radius 1 is 1.03 bits per heavy atom. The highest BCUT2D eigenvalue weighted by atomic mass is 35.5. The van der Waals surface area contributed by atoms with Crippen molar-refractivity contribution in [2.24, 2.45) is 0 Å². The molecule has 0 radical (unpaired) electrons. The number of hydrogen-bond acceptors (Lipinski definition) is 3. The predicted octanol–water partition coefficient (Wildman–Crippen LogP) is 7.27. The van der Waals surface area contributed by atoms with E-state index in [2.05, 4.69) is 10.3 Å². The standard InChI is InChI=1S/C25H18Cl2FN3OS/c1-14-12-16(6-8-19(14)28)31-24(23(30-25(31)33)20-4-2-3-11-29-20)22-10-9-21(32-22)15-5-7-17(26)18(27)13-15/h2-13,23-24H,1H3,(H,30,33). The van der Waals surface area contributed by atoms with E-state index in [-0.39, 0.29) is 17.9 Å². The fraction of sp³-hybridized carbons (Fsp3) is 0.120. The van der Waals surface area contributed by atoms with E-state index in [0.29, 0.717) is 32.2 Å². The lowest BCUT2D eigenvalue weighted by Crippen LogP contribution is -2.29. The van der Waals surface area contributed by atoms with Crippen LogP contribution in [0.5, 0.6) is 0 Å². The molecule has 0 saturated carbocycles. The van der Waals surface area contributed by atoms with E-state index >= 15 is 0 Å². The fourth-order valence-corrected chi connectivity index (χ4v) is 4.66. The lowest BCUT2D eigenvalue weighted by molar-refractivity contribution is 0.439. The number of hydrogen-bond donors (Lipinski definition) is 1. The van der Waals surface area contributed by atoms with Crippen LogP contribution in [0.4, 0.5) is 10.1 Å². The van der Waals surface area contributed by atoms with E-state index in [1.165, 1.54) is 6.07 Å². The molecule has 0 amide bonds. The smallest absolute Gasteiger partial charge is 0.174 e. The molecular weight excluding hydrogens is 480 g/mol. The zero-order chi connectivity index (χ0) is 23.1. The molecule has 2 atom stereocenters. The Balaban J connectivity index is 1.61. The number of furan rings is 1. The molecule has 1 aliphatic heterocycles. The van der Waals surface area contributed by atoms with E-state index in [0.717, 1.165) is 16.9 Å². The number of nitrogens with zero attached hydrogens (tertiary/aromatic N) is 2. The van der Waals surface area contributed by atoms with Gasteiger partial charge in [0, 0.05) is 17.4 Å². The molecule has 4 aromatic rings. The number of nitrogens with one attached hydrogen (secondary N) is 1. The van der Waals surface area contributed by atoms with E-state index in [4.69, 9.17) is 39.8 Å². The fourth-order valence-electron chi connectivity index (χ4n) is 4.02. The Labute approximate surface area is 206 Å². The van der Waals surface area contributed by atoms with Gasteiger partial charge in [-0.3, -0.25) is 4.98 Å². The Morgan fingerprint density at radius 2 is 1.88 bits per heavy atom. The van der Waals surface area contributed by atoms with Crippen molar-refractivity contribution in [1.82, 2.24) is 10.3 Å². The maximum absolute atomic E-state index is 14.0. The van der Waals surface area contributed by atoms with Crippen LogP contribution in [0.25, 0.3) is 11.3 Å². The molecule has 2 aromatic heterocycles. The van der Waals surface area contributed by atoms with Crippen LogP contribution in [-0.4, -0.2) is 10.1 Å². The third-order valence-electron chi connectivity index (χ3n) is 5.64. The zero-order valence-corrected chi connectivity index (χ0v) is 19.8. The summed E-state index contributed by atoms with van der Waals surface area (Å²) in [4.78, 5) is 6.48. The Hall–Kier alpha value is -2.93. The minimum Gasteiger partial charge on any atom is -0.459 e. The first-order valence-electron chi connectivity index (χ1n) is 10.2. The van der Waals surface area contributed by atoms with Crippen LogP contribution in [0.3, 0.4) is 0 Å². The summed E-state index contributed by atoms with van der Waals surface area (Å²) in [5, 5.41) is 4.81. The van der Waals surface area contributed by atoms with Gasteiger partial charge in [0.2, 0.25) is 0 Å². The highest BCUT2D eigenvalue weighted by Crippen LogP contribution is 2.43. The summed E-state index contributed by atoms with van der Waals surface area (Å²) in [5.41, 5.74) is 2.93. The summed E-state index contributed by atoms with van der Waals surface area (Å²) < 4.78 is 20.3. The van der Waals surface area contributed by atoms with Crippen molar-refractivity contribution in [2.45, 2.75) is 19.0 Å². The molecule has 2 unspecified atom stereocenters. The number of aromatic nitrogens is 1. The normalized spacial score (nSPS) is 17.9. The summed E-state index contributed by atoms with van der Waals surface area (Å²) in [6.45, 7) is 1.73. The maximum atomic E-state index is 14.0. The van der Waals surface area contributed by atoms with Crippen LogP contribution in [0.1, 0.15) is 29.1 Å². The van der Waals surface area contributed by atoms with Crippen LogP contribution < -0.4 is 10.2 Å².